The summed E-state index contributed by atoms with van der Waals surface area (Å²) in [5.41, 5.74) is 5.93. The third kappa shape index (κ3) is 13.5. The lowest BCUT2D eigenvalue weighted by Crippen LogP contribution is -2.01. The van der Waals surface area contributed by atoms with Gasteiger partial charge in [0.2, 0.25) is 0 Å². The standard InChI is InChI=1S/C52H46O5S2/c1-4-51(53)55-28-6-8-30-58-48-25-23-44-33-41(18-21-46(44)35-48)13-10-39-11-16-43(17-12-39)37-57-50-27-20-40(32-38(50)3)14-15-42-19-22-47-36-49(26-24-45(47)34-42)59-31-9-7-29-56-52(54)5-2/h4-5,11-12,16-27,32-36H,1-2,6-9,28-31,37H2,3H3. The van der Waals surface area contributed by atoms with Crippen LogP contribution in [-0.2, 0) is 25.7 Å². The van der Waals surface area contributed by atoms with Gasteiger partial charge in [-0.3, -0.25) is 0 Å². The number of thioether (sulfide) groups is 2. The van der Waals surface area contributed by atoms with Crippen molar-refractivity contribution in [1.82, 2.24) is 0 Å². The first-order valence-electron chi connectivity index (χ1n) is 19.6. The van der Waals surface area contributed by atoms with Crippen LogP contribution in [0, 0.1) is 30.6 Å². The second kappa shape index (κ2) is 22.1. The zero-order valence-corrected chi connectivity index (χ0v) is 34.9. The third-order valence-corrected chi connectivity index (χ3v) is 11.4. The fourth-order valence-corrected chi connectivity index (χ4v) is 7.98. The molecule has 0 spiro atoms. The molecule has 59 heavy (non-hydrogen) atoms. The normalized spacial score (nSPS) is 10.5. The van der Waals surface area contributed by atoms with E-state index in [4.69, 9.17) is 14.2 Å². The van der Waals surface area contributed by atoms with Crippen molar-refractivity contribution in [2.75, 3.05) is 24.7 Å². The Bertz CT molecular complexity index is 2570. The molecule has 0 unspecified atom stereocenters. The Morgan fingerprint density at radius 2 is 0.983 bits per heavy atom. The van der Waals surface area contributed by atoms with Crippen molar-refractivity contribution >= 4 is 57.0 Å². The van der Waals surface area contributed by atoms with Crippen LogP contribution in [0.5, 0.6) is 5.75 Å². The number of carbonyl (C=O) groups excluding carboxylic acids is 2. The largest absolute Gasteiger partial charge is 0.489 e. The molecule has 0 amide bonds. The zero-order chi connectivity index (χ0) is 41.2. The summed E-state index contributed by atoms with van der Waals surface area (Å²) >= 11 is 3.62. The first kappa shape index (κ1) is 42.5. The molecule has 0 aromatic heterocycles. The van der Waals surface area contributed by atoms with Crippen molar-refractivity contribution in [2.45, 2.75) is 49.0 Å². The maximum absolute atomic E-state index is 11.2. The molecule has 0 N–H and O–H groups in total. The van der Waals surface area contributed by atoms with Crippen molar-refractivity contribution in [3.63, 3.8) is 0 Å². The molecule has 5 nitrogen and oxygen atoms in total. The van der Waals surface area contributed by atoms with Crippen LogP contribution in [0.3, 0.4) is 0 Å². The van der Waals surface area contributed by atoms with Crippen LogP contribution in [-0.4, -0.2) is 36.7 Å². The molecule has 6 rings (SSSR count). The van der Waals surface area contributed by atoms with Crippen LogP contribution in [0.15, 0.2) is 150 Å². The number of esters is 2. The zero-order valence-electron chi connectivity index (χ0n) is 33.3. The van der Waals surface area contributed by atoms with Gasteiger partial charge in [-0.05, 0) is 156 Å². The smallest absolute Gasteiger partial charge is 0.330 e. The van der Waals surface area contributed by atoms with Gasteiger partial charge in [-0.2, -0.15) is 0 Å². The maximum Gasteiger partial charge on any atom is 0.330 e. The molecule has 0 aliphatic rings. The van der Waals surface area contributed by atoms with Gasteiger partial charge in [0, 0.05) is 44.2 Å². The molecule has 0 aliphatic carbocycles. The van der Waals surface area contributed by atoms with E-state index in [1.807, 2.05) is 54.7 Å². The summed E-state index contributed by atoms with van der Waals surface area (Å²) in [7, 11) is 0. The van der Waals surface area contributed by atoms with Crippen LogP contribution in [0.1, 0.15) is 59.1 Å². The van der Waals surface area contributed by atoms with Crippen LogP contribution in [0.4, 0.5) is 0 Å². The average molecular weight is 815 g/mol. The molecule has 0 atom stereocenters. The Morgan fingerprint density at radius 1 is 0.542 bits per heavy atom. The van der Waals surface area contributed by atoms with Crippen molar-refractivity contribution in [3.05, 3.63) is 174 Å². The Balaban J connectivity index is 0.953. The second-order valence-corrected chi connectivity index (χ2v) is 16.1. The summed E-state index contributed by atoms with van der Waals surface area (Å²) in [4.78, 5) is 24.7. The number of fused-ring (bicyclic) bond motifs is 2. The highest BCUT2D eigenvalue weighted by Crippen LogP contribution is 2.27. The van der Waals surface area contributed by atoms with Crippen LogP contribution < -0.4 is 4.74 Å². The second-order valence-electron chi connectivity index (χ2n) is 13.8. The van der Waals surface area contributed by atoms with Crippen LogP contribution in [0.2, 0.25) is 0 Å². The van der Waals surface area contributed by atoms with Crippen LogP contribution in [0.25, 0.3) is 21.5 Å². The number of carbonyl (C=O) groups is 2. The summed E-state index contributed by atoms with van der Waals surface area (Å²) in [5, 5.41) is 4.68. The van der Waals surface area contributed by atoms with E-state index < -0.39 is 0 Å². The lowest BCUT2D eigenvalue weighted by Gasteiger charge is -2.09. The van der Waals surface area contributed by atoms with Gasteiger partial charge < -0.3 is 14.2 Å². The first-order chi connectivity index (χ1) is 28.8. The van der Waals surface area contributed by atoms with Gasteiger partial charge in [-0.15, -0.1) is 23.5 Å². The van der Waals surface area contributed by atoms with E-state index in [0.717, 1.165) is 87.1 Å². The number of aryl methyl sites for hydroxylation is 1. The summed E-state index contributed by atoms with van der Waals surface area (Å²) in [6.45, 7) is 10.2. The van der Waals surface area contributed by atoms with Crippen molar-refractivity contribution in [1.29, 1.82) is 0 Å². The van der Waals surface area contributed by atoms with E-state index in [1.165, 1.54) is 32.7 Å². The number of benzene rings is 6. The Morgan fingerprint density at radius 3 is 1.49 bits per heavy atom. The highest BCUT2D eigenvalue weighted by molar-refractivity contribution is 7.99. The highest BCUT2D eigenvalue weighted by atomic mass is 32.2. The van der Waals surface area contributed by atoms with Gasteiger partial charge >= 0.3 is 11.9 Å². The fourth-order valence-electron chi connectivity index (χ4n) is 6.06. The molecule has 0 fully saturated rings. The SMILES string of the molecule is C=CC(=O)OCCCCSc1ccc2cc(C#Cc3ccc(COc4ccc(C#Cc5ccc6cc(SCCCCOC(=O)C=C)ccc6c5)cc4C)cc3)ccc2c1. The molecule has 6 aromatic carbocycles. The van der Waals surface area contributed by atoms with Gasteiger partial charge in [0.05, 0.1) is 13.2 Å². The van der Waals surface area contributed by atoms with E-state index in [1.54, 1.807) is 0 Å². The highest BCUT2D eigenvalue weighted by Gasteiger charge is 2.05. The Hall–Kier alpha value is -6.12. The van der Waals surface area contributed by atoms with E-state index >= 15 is 0 Å². The Kier molecular flexibility index (Phi) is 15.9. The number of hydrogen-bond donors (Lipinski definition) is 0. The van der Waals surface area contributed by atoms with Gasteiger partial charge in [0.15, 0.2) is 0 Å². The molecule has 6 aromatic rings. The summed E-state index contributed by atoms with van der Waals surface area (Å²) < 4.78 is 16.3. The number of unbranched alkanes of at least 4 members (excludes halogenated alkanes) is 2. The van der Waals surface area contributed by atoms with Gasteiger partial charge in [-0.25, -0.2) is 9.59 Å². The predicted molar refractivity (Wildman–Crippen MR) is 244 cm³/mol. The van der Waals surface area contributed by atoms with E-state index in [2.05, 4.69) is 128 Å². The number of hydrogen-bond acceptors (Lipinski definition) is 7. The molecule has 0 radical (unpaired) electrons. The predicted octanol–water partition coefficient (Wildman–Crippen LogP) is 11.9. The van der Waals surface area contributed by atoms with Crippen molar-refractivity contribution in [3.8, 4) is 29.4 Å². The maximum atomic E-state index is 11.2. The molecule has 7 heteroatoms. The minimum atomic E-state index is -0.367. The monoisotopic (exact) mass is 814 g/mol. The summed E-state index contributed by atoms with van der Waals surface area (Å²) in [6.07, 6.45) is 6.01. The van der Waals surface area contributed by atoms with Crippen molar-refractivity contribution in [2.24, 2.45) is 0 Å². The van der Waals surface area contributed by atoms with E-state index in [-0.39, 0.29) is 11.9 Å². The van der Waals surface area contributed by atoms with Crippen LogP contribution >= 0.6 is 23.5 Å². The molecule has 0 saturated carbocycles. The minimum Gasteiger partial charge on any atom is -0.489 e. The number of rotatable bonds is 17. The topological polar surface area (TPSA) is 61.8 Å². The summed E-state index contributed by atoms with van der Waals surface area (Å²) in [6, 6.07) is 39.9. The molecule has 0 saturated heterocycles. The van der Waals surface area contributed by atoms with Gasteiger partial charge in [0.25, 0.3) is 0 Å². The quantitative estimate of drug-likeness (QED) is 0.0299. The Labute approximate surface area is 356 Å². The van der Waals surface area contributed by atoms with Crippen molar-refractivity contribution < 1.29 is 23.8 Å². The minimum absolute atomic E-state index is 0.367. The summed E-state index contributed by atoms with van der Waals surface area (Å²) in [5.74, 6) is 15.3. The lowest BCUT2D eigenvalue weighted by atomic mass is 10.1. The molecule has 0 bridgehead atoms. The van der Waals surface area contributed by atoms with E-state index in [9.17, 15) is 9.59 Å². The molecule has 0 aliphatic heterocycles. The van der Waals surface area contributed by atoms with Gasteiger partial charge in [-0.1, -0.05) is 73.2 Å². The number of ether oxygens (including phenoxy) is 3. The molecular formula is C52H46O5S2. The average Bonchev–Trinajstić information content (AvgIpc) is 3.26. The third-order valence-electron chi connectivity index (χ3n) is 9.29. The first-order valence-corrected chi connectivity index (χ1v) is 21.6. The van der Waals surface area contributed by atoms with E-state index in [0.29, 0.717) is 19.8 Å². The molecular weight excluding hydrogens is 769 g/mol. The molecule has 296 valence electrons. The molecule has 0 heterocycles. The van der Waals surface area contributed by atoms with Gasteiger partial charge in [0.1, 0.15) is 12.4 Å². The fraction of sp³-hybridized carbons (Fsp3) is 0.192. The lowest BCUT2D eigenvalue weighted by molar-refractivity contribution is -0.138.